The third-order valence-corrected chi connectivity index (χ3v) is 4.58. The van der Waals surface area contributed by atoms with E-state index in [1.165, 1.54) is 19.3 Å². The van der Waals surface area contributed by atoms with Gasteiger partial charge in [0.1, 0.15) is 0 Å². The molecular formula is C14H26N2O. The van der Waals surface area contributed by atoms with Crippen molar-refractivity contribution in [1.82, 2.24) is 4.90 Å². The molecule has 1 heterocycles. The first-order chi connectivity index (χ1) is 8.11. The second-order valence-electron chi connectivity index (χ2n) is 5.93. The number of hydrogen-bond donors (Lipinski definition) is 1. The van der Waals surface area contributed by atoms with Gasteiger partial charge in [-0.25, -0.2) is 0 Å². The van der Waals surface area contributed by atoms with Gasteiger partial charge in [0, 0.05) is 18.1 Å². The van der Waals surface area contributed by atoms with Crippen LogP contribution in [0.25, 0.3) is 0 Å². The van der Waals surface area contributed by atoms with Crippen LogP contribution in [0, 0.1) is 5.92 Å². The molecule has 2 rings (SSSR count). The molecule has 3 heteroatoms. The molecule has 17 heavy (non-hydrogen) atoms. The van der Waals surface area contributed by atoms with Crippen molar-refractivity contribution in [1.29, 1.82) is 0 Å². The fraction of sp³-hybridized carbons (Fsp3) is 0.929. The fourth-order valence-corrected chi connectivity index (χ4v) is 3.51. The summed E-state index contributed by atoms with van der Waals surface area (Å²) in [5.74, 6) is 0.420. The van der Waals surface area contributed by atoms with Crippen LogP contribution in [-0.4, -0.2) is 28.9 Å². The molecule has 2 fully saturated rings. The molecule has 4 unspecified atom stereocenters. The highest BCUT2D eigenvalue weighted by Gasteiger charge is 2.36. The van der Waals surface area contributed by atoms with E-state index in [9.17, 15) is 4.79 Å². The van der Waals surface area contributed by atoms with E-state index in [0.29, 0.717) is 18.0 Å². The van der Waals surface area contributed by atoms with Crippen LogP contribution in [-0.2, 0) is 4.79 Å². The van der Waals surface area contributed by atoms with E-state index < -0.39 is 0 Å². The van der Waals surface area contributed by atoms with Gasteiger partial charge < -0.3 is 10.6 Å². The summed E-state index contributed by atoms with van der Waals surface area (Å²) in [4.78, 5) is 14.8. The molecule has 0 aromatic carbocycles. The molecule has 2 N–H and O–H groups in total. The van der Waals surface area contributed by atoms with E-state index in [-0.39, 0.29) is 12.0 Å². The van der Waals surface area contributed by atoms with Gasteiger partial charge in [0.25, 0.3) is 0 Å². The highest BCUT2D eigenvalue weighted by molar-refractivity contribution is 5.80. The lowest BCUT2D eigenvalue weighted by Gasteiger charge is -2.42. The van der Waals surface area contributed by atoms with Crippen molar-refractivity contribution in [2.24, 2.45) is 11.7 Å². The normalized spacial score (nSPS) is 39.1. The number of amides is 1. The number of hydrogen-bond acceptors (Lipinski definition) is 2. The Kier molecular flexibility index (Phi) is 4.08. The van der Waals surface area contributed by atoms with E-state index in [2.05, 4.69) is 18.7 Å². The second-order valence-corrected chi connectivity index (χ2v) is 5.93. The Morgan fingerprint density at radius 1 is 1.00 bits per heavy atom. The monoisotopic (exact) mass is 238 g/mol. The van der Waals surface area contributed by atoms with Crippen molar-refractivity contribution in [2.75, 3.05) is 0 Å². The minimum atomic E-state index is 0.0896. The molecule has 98 valence electrons. The first kappa shape index (κ1) is 12.9. The molecule has 2 aliphatic rings. The van der Waals surface area contributed by atoms with Gasteiger partial charge in [0.05, 0.1) is 5.92 Å². The van der Waals surface area contributed by atoms with Crippen molar-refractivity contribution in [3.8, 4) is 0 Å². The number of carbonyl (C=O) groups excluding carboxylic acids is 1. The fourth-order valence-electron chi connectivity index (χ4n) is 3.51. The van der Waals surface area contributed by atoms with Gasteiger partial charge in [0.15, 0.2) is 0 Å². The average Bonchev–Trinajstić information content (AvgIpc) is 2.29. The number of carbonyl (C=O) groups is 1. The summed E-state index contributed by atoms with van der Waals surface area (Å²) in [7, 11) is 0. The SMILES string of the molecule is CC1CCCC(C)N1C(=O)C1CCCCC1N. The van der Waals surface area contributed by atoms with Crippen LogP contribution in [0.15, 0.2) is 0 Å². The highest BCUT2D eigenvalue weighted by atomic mass is 16.2. The Morgan fingerprint density at radius 2 is 1.59 bits per heavy atom. The minimum Gasteiger partial charge on any atom is -0.337 e. The summed E-state index contributed by atoms with van der Waals surface area (Å²) < 4.78 is 0. The summed E-state index contributed by atoms with van der Waals surface area (Å²) in [6.07, 6.45) is 7.93. The van der Waals surface area contributed by atoms with E-state index in [4.69, 9.17) is 5.73 Å². The Labute approximate surface area is 105 Å². The lowest BCUT2D eigenvalue weighted by Crippen LogP contribution is -2.53. The molecule has 0 aromatic rings. The Balaban J connectivity index is 2.06. The summed E-state index contributed by atoms with van der Waals surface area (Å²) in [6.45, 7) is 4.36. The number of likely N-dealkylation sites (tertiary alicyclic amines) is 1. The van der Waals surface area contributed by atoms with Gasteiger partial charge in [-0.1, -0.05) is 12.8 Å². The summed E-state index contributed by atoms with van der Waals surface area (Å²) >= 11 is 0. The zero-order valence-electron chi connectivity index (χ0n) is 11.2. The van der Waals surface area contributed by atoms with E-state index in [0.717, 1.165) is 25.7 Å². The maximum atomic E-state index is 12.6. The number of nitrogens with two attached hydrogens (primary N) is 1. The zero-order chi connectivity index (χ0) is 12.4. The van der Waals surface area contributed by atoms with Gasteiger partial charge >= 0.3 is 0 Å². The first-order valence-electron chi connectivity index (χ1n) is 7.19. The van der Waals surface area contributed by atoms with Crippen molar-refractivity contribution in [3.05, 3.63) is 0 Å². The van der Waals surface area contributed by atoms with Gasteiger partial charge in [-0.05, 0) is 46.0 Å². The van der Waals surface area contributed by atoms with Gasteiger partial charge in [-0.2, -0.15) is 0 Å². The zero-order valence-corrected chi connectivity index (χ0v) is 11.2. The van der Waals surface area contributed by atoms with E-state index in [1.54, 1.807) is 0 Å². The lowest BCUT2D eigenvalue weighted by atomic mass is 9.83. The molecule has 0 aromatic heterocycles. The third kappa shape index (κ3) is 2.65. The van der Waals surface area contributed by atoms with Crippen molar-refractivity contribution < 1.29 is 4.79 Å². The maximum absolute atomic E-state index is 12.6. The summed E-state index contributed by atoms with van der Waals surface area (Å²) in [5.41, 5.74) is 6.13. The minimum absolute atomic E-state index is 0.0896. The predicted octanol–water partition coefficient (Wildman–Crippen LogP) is 2.29. The first-order valence-corrected chi connectivity index (χ1v) is 7.19. The van der Waals surface area contributed by atoms with Crippen LogP contribution >= 0.6 is 0 Å². The number of nitrogens with zero attached hydrogens (tertiary/aromatic N) is 1. The lowest BCUT2D eigenvalue weighted by molar-refractivity contribution is -0.143. The number of rotatable bonds is 1. The van der Waals surface area contributed by atoms with E-state index in [1.807, 2.05) is 0 Å². The Morgan fingerprint density at radius 3 is 2.18 bits per heavy atom. The Bertz CT molecular complexity index is 269. The highest BCUT2D eigenvalue weighted by Crippen LogP contribution is 2.30. The van der Waals surface area contributed by atoms with Crippen LogP contribution < -0.4 is 5.73 Å². The Hall–Kier alpha value is -0.570. The predicted molar refractivity (Wildman–Crippen MR) is 69.6 cm³/mol. The van der Waals surface area contributed by atoms with Gasteiger partial charge in [0.2, 0.25) is 5.91 Å². The third-order valence-electron chi connectivity index (χ3n) is 4.58. The van der Waals surface area contributed by atoms with Crippen molar-refractivity contribution >= 4 is 5.91 Å². The molecule has 1 aliphatic carbocycles. The van der Waals surface area contributed by atoms with Crippen molar-refractivity contribution in [3.63, 3.8) is 0 Å². The molecular weight excluding hydrogens is 212 g/mol. The smallest absolute Gasteiger partial charge is 0.227 e. The van der Waals surface area contributed by atoms with Crippen molar-refractivity contribution in [2.45, 2.75) is 76.9 Å². The second kappa shape index (κ2) is 5.38. The molecule has 1 aliphatic heterocycles. The van der Waals surface area contributed by atoms with Gasteiger partial charge in [-0.3, -0.25) is 4.79 Å². The van der Waals surface area contributed by atoms with Crippen LogP contribution in [0.4, 0.5) is 0 Å². The molecule has 0 bridgehead atoms. The van der Waals surface area contributed by atoms with Crippen LogP contribution in [0.3, 0.4) is 0 Å². The molecule has 3 nitrogen and oxygen atoms in total. The largest absolute Gasteiger partial charge is 0.337 e. The quantitative estimate of drug-likeness (QED) is 0.762. The average molecular weight is 238 g/mol. The summed E-state index contributed by atoms with van der Waals surface area (Å²) in [5, 5.41) is 0. The molecule has 1 amide bonds. The van der Waals surface area contributed by atoms with Crippen LogP contribution in [0.5, 0.6) is 0 Å². The van der Waals surface area contributed by atoms with Gasteiger partial charge in [-0.15, -0.1) is 0 Å². The number of piperidine rings is 1. The molecule has 1 saturated heterocycles. The van der Waals surface area contributed by atoms with Crippen LogP contribution in [0.2, 0.25) is 0 Å². The molecule has 0 radical (unpaired) electrons. The molecule has 1 saturated carbocycles. The molecule has 0 spiro atoms. The standard InChI is InChI=1S/C14H26N2O/c1-10-6-5-7-11(2)16(10)14(17)12-8-3-4-9-13(12)15/h10-13H,3-9,15H2,1-2H3. The van der Waals surface area contributed by atoms with Crippen LogP contribution in [0.1, 0.15) is 58.8 Å². The topological polar surface area (TPSA) is 46.3 Å². The molecule has 4 atom stereocenters. The summed E-state index contributed by atoms with van der Waals surface area (Å²) in [6, 6.07) is 0.901. The van der Waals surface area contributed by atoms with E-state index >= 15 is 0 Å². The maximum Gasteiger partial charge on any atom is 0.227 e.